The van der Waals surface area contributed by atoms with Gasteiger partial charge in [0, 0.05) is 32.7 Å². The molecule has 0 aliphatic carbocycles. The van der Waals surface area contributed by atoms with Crippen LogP contribution in [0.5, 0.6) is 0 Å². The Kier molecular flexibility index (Phi) is 5.59. The Morgan fingerprint density at radius 1 is 1.19 bits per heavy atom. The lowest BCUT2D eigenvalue weighted by Gasteiger charge is -2.34. The predicted octanol–water partition coefficient (Wildman–Crippen LogP) is -1.37. The summed E-state index contributed by atoms with van der Waals surface area (Å²) in [6.07, 6.45) is 2.35. The van der Waals surface area contributed by atoms with E-state index in [4.69, 9.17) is 0 Å². The van der Waals surface area contributed by atoms with Crippen molar-refractivity contribution in [2.24, 2.45) is 5.92 Å². The highest BCUT2D eigenvalue weighted by atomic mass is 32.2. The second-order valence-electron chi connectivity index (χ2n) is 5.99. The van der Waals surface area contributed by atoms with E-state index in [1.165, 1.54) is 10.6 Å². The second kappa shape index (κ2) is 7.04. The van der Waals surface area contributed by atoms with E-state index in [1.807, 2.05) is 7.05 Å². The van der Waals surface area contributed by atoms with Gasteiger partial charge < -0.3 is 10.2 Å². The molecule has 1 amide bonds. The summed E-state index contributed by atoms with van der Waals surface area (Å²) in [5.41, 5.74) is 0. The van der Waals surface area contributed by atoms with Crippen LogP contribution in [0, 0.1) is 5.92 Å². The summed E-state index contributed by atoms with van der Waals surface area (Å²) in [4.78, 5) is 16.3. The molecule has 0 aromatic rings. The van der Waals surface area contributed by atoms with E-state index in [2.05, 4.69) is 10.2 Å². The highest BCUT2D eigenvalue weighted by Crippen LogP contribution is 2.15. The lowest BCUT2D eigenvalue weighted by molar-refractivity contribution is -0.133. The fourth-order valence-corrected chi connectivity index (χ4v) is 3.90. The Balaban J connectivity index is 1.75. The summed E-state index contributed by atoms with van der Waals surface area (Å²) in [5, 5.41) is 3.18. The van der Waals surface area contributed by atoms with Crippen molar-refractivity contribution in [2.45, 2.75) is 6.42 Å². The van der Waals surface area contributed by atoms with Crippen molar-refractivity contribution in [1.82, 2.24) is 19.4 Å². The third-order valence-electron chi connectivity index (χ3n) is 4.28. The van der Waals surface area contributed by atoms with Crippen LogP contribution in [0.15, 0.2) is 0 Å². The number of carbonyl (C=O) groups is 1. The van der Waals surface area contributed by atoms with Crippen LogP contribution in [-0.4, -0.2) is 94.1 Å². The van der Waals surface area contributed by atoms with Crippen LogP contribution in [0.4, 0.5) is 0 Å². The van der Waals surface area contributed by atoms with Gasteiger partial charge in [-0.05, 0) is 32.5 Å². The Morgan fingerprint density at radius 3 is 2.43 bits per heavy atom. The molecule has 2 saturated heterocycles. The van der Waals surface area contributed by atoms with Gasteiger partial charge >= 0.3 is 0 Å². The van der Waals surface area contributed by atoms with Crippen LogP contribution in [0.25, 0.3) is 0 Å². The maximum absolute atomic E-state index is 12.3. The number of rotatable bonds is 5. The zero-order chi connectivity index (χ0) is 15.5. The van der Waals surface area contributed by atoms with Crippen LogP contribution in [0.1, 0.15) is 6.42 Å². The number of amides is 1. The zero-order valence-corrected chi connectivity index (χ0v) is 13.7. The second-order valence-corrected chi connectivity index (χ2v) is 7.97. The monoisotopic (exact) mass is 318 g/mol. The third kappa shape index (κ3) is 4.64. The van der Waals surface area contributed by atoms with Gasteiger partial charge in [-0.3, -0.25) is 9.69 Å². The molecule has 0 radical (unpaired) electrons. The SMILES string of the molecule is CNCC1CCN(CC(=O)N2CCN(S(C)(=O)=O)CC2)C1. The first-order valence-corrected chi connectivity index (χ1v) is 9.35. The first-order chi connectivity index (χ1) is 9.90. The van der Waals surface area contributed by atoms with Crippen molar-refractivity contribution in [3.63, 3.8) is 0 Å². The minimum absolute atomic E-state index is 0.119. The molecule has 1 atom stereocenters. The average molecular weight is 318 g/mol. The summed E-state index contributed by atoms with van der Waals surface area (Å²) in [7, 11) is -1.18. The van der Waals surface area contributed by atoms with Crippen LogP contribution >= 0.6 is 0 Å². The summed E-state index contributed by atoms with van der Waals surface area (Å²) in [6, 6.07) is 0. The van der Waals surface area contributed by atoms with Gasteiger partial charge in [0.05, 0.1) is 12.8 Å². The lowest BCUT2D eigenvalue weighted by Crippen LogP contribution is -2.52. The molecule has 21 heavy (non-hydrogen) atoms. The van der Waals surface area contributed by atoms with Crippen molar-refractivity contribution in [3.05, 3.63) is 0 Å². The first-order valence-electron chi connectivity index (χ1n) is 7.50. The van der Waals surface area contributed by atoms with Crippen molar-refractivity contribution in [3.8, 4) is 0 Å². The van der Waals surface area contributed by atoms with Gasteiger partial charge in [0.15, 0.2) is 0 Å². The summed E-state index contributed by atoms with van der Waals surface area (Å²) < 4.78 is 24.3. The van der Waals surface area contributed by atoms with Crippen LogP contribution in [0.2, 0.25) is 0 Å². The van der Waals surface area contributed by atoms with Gasteiger partial charge in [-0.15, -0.1) is 0 Å². The van der Waals surface area contributed by atoms with Crippen molar-refractivity contribution >= 4 is 15.9 Å². The smallest absolute Gasteiger partial charge is 0.236 e. The van der Waals surface area contributed by atoms with E-state index in [0.717, 1.165) is 26.1 Å². The molecule has 1 unspecified atom stereocenters. The Labute approximate surface area is 127 Å². The number of carbonyl (C=O) groups excluding carboxylic acids is 1. The molecular formula is C13H26N4O3S. The molecule has 122 valence electrons. The third-order valence-corrected chi connectivity index (χ3v) is 5.59. The topological polar surface area (TPSA) is 73.0 Å². The maximum Gasteiger partial charge on any atom is 0.236 e. The number of hydrogen-bond acceptors (Lipinski definition) is 5. The fraction of sp³-hybridized carbons (Fsp3) is 0.923. The Bertz CT molecular complexity index is 460. The quantitative estimate of drug-likeness (QED) is 0.677. The minimum atomic E-state index is -3.13. The van der Waals surface area contributed by atoms with Gasteiger partial charge in [-0.25, -0.2) is 8.42 Å². The average Bonchev–Trinajstić information content (AvgIpc) is 2.86. The van der Waals surface area contributed by atoms with E-state index in [9.17, 15) is 13.2 Å². The predicted molar refractivity (Wildman–Crippen MR) is 81.5 cm³/mol. The van der Waals surface area contributed by atoms with E-state index >= 15 is 0 Å². The highest BCUT2D eigenvalue weighted by molar-refractivity contribution is 7.88. The van der Waals surface area contributed by atoms with E-state index in [0.29, 0.717) is 38.6 Å². The standard InChI is InChI=1S/C13H26N4O3S/c1-14-9-12-3-4-15(10-12)11-13(18)16-5-7-17(8-6-16)21(2,19)20/h12,14H,3-11H2,1-2H3. The molecule has 0 aromatic heterocycles. The molecule has 2 aliphatic rings. The number of nitrogens with zero attached hydrogens (tertiary/aromatic N) is 3. The number of nitrogens with one attached hydrogen (secondary N) is 1. The Morgan fingerprint density at radius 2 is 1.86 bits per heavy atom. The maximum atomic E-state index is 12.3. The summed E-state index contributed by atoms with van der Waals surface area (Å²) >= 11 is 0. The van der Waals surface area contributed by atoms with E-state index < -0.39 is 10.0 Å². The molecule has 0 aromatic carbocycles. The van der Waals surface area contributed by atoms with Crippen molar-refractivity contribution < 1.29 is 13.2 Å². The van der Waals surface area contributed by atoms with Gasteiger partial charge in [-0.1, -0.05) is 0 Å². The highest BCUT2D eigenvalue weighted by Gasteiger charge is 2.29. The number of piperazine rings is 1. The first kappa shape index (κ1) is 16.7. The van der Waals surface area contributed by atoms with Crippen LogP contribution in [-0.2, 0) is 14.8 Å². The minimum Gasteiger partial charge on any atom is -0.339 e. The summed E-state index contributed by atoms with van der Waals surface area (Å²) in [6.45, 7) is 5.22. The van der Waals surface area contributed by atoms with Crippen LogP contribution in [0.3, 0.4) is 0 Å². The summed E-state index contributed by atoms with van der Waals surface area (Å²) in [5.74, 6) is 0.748. The van der Waals surface area contributed by atoms with E-state index in [-0.39, 0.29) is 5.91 Å². The van der Waals surface area contributed by atoms with Gasteiger partial charge in [-0.2, -0.15) is 4.31 Å². The zero-order valence-electron chi connectivity index (χ0n) is 12.9. The molecule has 0 bridgehead atoms. The molecule has 2 fully saturated rings. The van der Waals surface area contributed by atoms with Crippen LogP contribution < -0.4 is 5.32 Å². The molecule has 1 N–H and O–H groups in total. The molecule has 2 heterocycles. The van der Waals surface area contributed by atoms with Gasteiger partial charge in [0.25, 0.3) is 0 Å². The van der Waals surface area contributed by atoms with Gasteiger partial charge in [0.1, 0.15) is 0 Å². The molecule has 7 nitrogen and oxygen atoms in total. The molecular weight excluding hydrogens is 292 g/mol. The molecule has 2 rings (SSSR count). The fourth-order valence-electron chi connectivity index (χ4n) is 3.07. The Hall–Kier alpha value is -0.700. The van der Waals surface area contributed by atoms with Gasteiger partial charge in [0.2, 0.25) is 15.9 Å². The van der Waals surface area contributed by atoms with Crippen molar-refractivity contribution in [2.75, 3.05) is 65.7 Å². The number of likely N-dealkylation sites (tertiary alicyclic amines) is 1. The van der Waals surface area contributed by atoms with E-state index in [1.54, 1.807) is 4.90 Å². The molecule has 2 aliphatic heterocycles. The normalized spacial score (nSPS) is 25.4. The number of hydrogen-bond donors (Lipinski definition) is 1. The molecule has 0 spiro atoms. The lowest BCUT2D eigenvalue weighted by atomic mass is 10.1. The molecule has 8 heteroatoms. The molecule has 0 saturated carbocycles. The largest absolute Gasteiger partial charge is 0.339 e. The number of sulfonamides is 1. The van der Waals surface area contributed by atoms with Crippen molar-refractivity contribution in [1.29, 1.82) is 0 Å².